The largest absolute Gasteiger partial charge is 0.370 e. The van der Waals surface area contributed by atoms with Gasteiger partial charge in [-0.25, -0.2) is 0 Å². The van der Waals surface area contributed by atoms with Crippen molar-refractivity contribution in [3.8, 4) is 0 Å². The second kappa shape index (κ2) is 7.91. The van der Waals surface area contributed by atoms with E-state index in [1.165, 1.54) is 25.7 Å². The first-order chi connectivity index (χ1) is 10.1. The van der Waals surface area contributed by atoms with Gasteiger partial charge in [-0.2, -0.15) is 0 Å². The van der Waals surface area contributed by atoms with Crippen molar-refractivity contribution < 1.29 is 18.9 Å². The third-order valence-electron chi connectivity index (χ3n) is 4.76. The number of hydrogen-bond donors (Lipinski definition) is 0. The van der Waals surface area contributed by atoms with Crippen LogP contribution in [0.3, 0.4) is 0 Å². The molecule has 0 spiro atoms. The molecule has 124 valence electrons. The molecule has 0 aromatic heterocycles. The Balaban J connectivity index is 1.85. The van der Waals surface area contributed by atoms with Crippen molar-refractivity contribution in [2.75, 3.05) is 19.8 Å². The lowest BCUT2D eigenvalue weighted by Crippen LogP contribution is -2.45. The summed E-state index contributed by atoms with van der Waals surface area (Å²) < 4.78 is 23.2. The molecule has 1 aliphatic carbocycles. The highest BCUT2D eigenvalue weighted by atomic mass is 16.9. The average Bonchev–Trinajstić information content (AvgIpc) is 3.24. The molecule has 0 N–H and O–H groups in total. The lowest BCUT2D eigenvalue weighted by molar-refractivity contribution is -0.400. The molecule has 0 aromatic rings. The molecule has 0 aromatic carbocycles. The van der Waals surface area contributed by atoms with Gasteiger partial charge in [-0.05, 0) is 58.8 Å². The summed E-state index contributed by atoms with van der Waals surface area (Å²) in [7, 11) is 0. The summed E-state index contributed by atoms with van der Waals surface area (Å²) in [5.41, 5.74) is 0. The quantitative estimate of drug-likeness (QED) is 0.455. The second-order valence-corrected chi connectivity index (χ2v) is 6.27. The van der Waals surface area contributed by atoms with Gasteiger partial charge in [0.2, 0.25) is 0 Å². The Bertz CT molecular complexity index is 290. The fourth-order valence-electron chi connectivity index (χ4n) is 3.57. The maximum atomic E-state index is 5.87. The van der Waals surface area contributed by atoms with Crippen LogP contribution in [0.4, 0.5) is 0 Å². The Hall–Kier alpha value is -0.160. The van der Waals surface area contributed by atoms with Gasteiger partial charge in [0, 0.05) is 25.7 Å². The number of ether oxygens (including phenoxy) is 4. The maximum Gasteiger partial charge on any atom is 0.285 e. The third kappa shape index (κ3) is 4.41. The molecule has 4 nitrogen and oxygen atoms in total. The van der Waals surface area contributed by atoms with Crippen molar-refractivity contribution in [2.45, 2.75) is 78.0 Å². The van der Waals surface area contributed by atoms with Crippen LogP contribution in [0.1, 0.15) is 59.8 Å². The molecule has 4 unspecified atom stereocenters. The molecule has 0 amide bonds. The Morgan fingerprint density at radius 3 is 2.14 bits per heavy atom. The van der Waals surface area contributed by atoms with Gasteiger partial charge in [-0.1, -0.05) is 6.92 Å². The Labute approximate surface area is 129 Å². The van der Waals surface area contributed by atoms with Gasteiger partial charge in [0.1, 0.15) is 0 Å². The molecule has 1 saturated carbocycles. The number of hydrogen-bond acceptors (Lipinski definition) is 4. The summed E-state index contributed by atoms with van der Waals surface area (Å²) in [4.78, 5) is 0. The number of fused-ring (bicyclic) bond motifs is 1. The first-order valence-electron chi connectivity index (χ1n) is 8.72. The van der Waals surface area contributed by atoms with Gasteiger partial charge >= 0.3 is 0 Å². The number of rotatable bonds is 10. The van der Waals surface area contributed by atoms with Crippen LogP contribution in [0.5, 0.6) is 0 Å². The molecule has 0 radical (unpaired) electrons. The number of epoxide rings is 1. The topological polar surface area (TPSA) is 40.2 Å². The van der Waals surface area contributed by atoms with Crippen LogP contribution >= 0.6 is 0 Å². The van der Waals surface area contributed by atoms with Crippen LogP contribution in [0.15, 0.2) is 0 Å². The van der Waals surface area contributed by atoms with Crippen LogP contribution in [0.2, 0.25) is 0 Å². The molecule has 4 atom stereocenters. The van der Waals surface area contributed by atoms with Gasteiger partial charge in [0.15, 0.2) is 0 Å². The predicted octanol–water partition coefficient (Wildman–Crippen LogP) is 3.73. The van der Waals surface area contributed by atoms with Crippen molar-refractivity contribution in [1.82, 2.24) is 0 Å². The predicted molar refractivity (Wildman–Crippen MR) is 82.0 cm³/mol. The normalized spacial score (nSPS) is 30.0. The molecule has 1 saturated heterocycles. The first kappa shape index (κ1) is 17.2. The minimum Gasteiger partial charge on any atom is -0.370 e. The zero-order chi connectivity index (χ0) is 15.3. The standard InChI is InChI=1S/C17H32O4/c1-5-18-17(19-6-2,20-7-3)13(4)8-9-14-10-11-15-16(12-14)21-15/h13-16H,5-12H2,1-4H3. The Morgan fingerprint density at radius 1 is 1.00 bits per heavy atom. The lowest BCUT2D eigenvalue weighted by atomic mass is 9.84. The molecule has 2 fully saturated rings. The van der Waals surface area contributed by atoms with E-state index in [0.717, 1.165) is 12.3 Å². The lowest BCUT2D eigenvalue weighted by Gasteiger charge is -2.38. The minimum absolute atomic E-state index is 0.232. The van der Waals surface area contributed by atoms with E-state index in [1.807, 2.05) is 20.8 Å². The van der Waals surface area contributed by atoms with Crippen molar-refractivity contribution >= 4 is 0 Å². The summed E-state index contributed by atoms with van der Waals surface area (Å²) in [6.07, 6.45) is 7.23. The Morgan fingerprint density at radius 2 is 1.62 bits per heavy atom. The zero-order valence-corrected chi connectivity index (χ0v) is 14.1. The summed E-state index contributed by atoms with van der Waals surface area (Å²) in [5, 5.41) is 0. The summed E-state index contributed by atoms with van der Waals surface area (Å²) in [6.45, 7) is 9.96. The van der Waals surface area contributed by atoms with Crippen LogP contribution in [0.25, 0.3) is 0 Å². The molecule has 21 heavy (non-hydrogen) atoms. The molecule has 4 heteroatoms. The van der Waals surface area contributed by atoms with E-state index in [2.05, 4.69) is 6.92 Å². The van der Waals surface area contributed by atoms with E-state index >= 15 is 0 Å². The van der Waals surface area contributed by atoms with Crippen molar-refractivity contribution in [1.29, 1.82) is 0 Å². The van der Waals surface area contributed by atoms with E-state index in [4.69, 9.17) is 18.9 Å². The van der Waals surface area contributed by atoms with Gasteiger partial charge in [-0.3, -0.25) is 0 Å². The fraction of sp³-hybridized carbons (Fsp3) is 1.00. The maximum absolute atomic E-state index is 5.87. The van der Waals surface area contributed by atoms with Crippen molar-refractivity contribution in [3.63, 3.8) is 0 Å². The summed E-state index contributed by atoms with van der Waals surface area (Å²) in [6, 6.07) is 0. The highest BCUT2D eigenvalue weighted by Crippen LogP contribution is 2.42. The molecule has 1 aliphatic heterocycles. The highest BCUT2D eigenvalue weighted by Gasteiger charge is 2.44. The molecule has 0 bridgehead atoms. The SMILES string of the molecule is CCOC(OCC)(OCC)C(C)CCC1CCC2OC2C1. The van der Waals surface area contributed by atoms with Crippen LogP contribution in [-0.2, 0) is 18.9 Å². The van der Waals surface area contributed by atoms with Gasteiger partial charge in [0.25, 0.3) is 5.97 Å². The molecular formula is C17H32O4. The molecule has 1 heterocycles. The molecule has 2 aliphatic rings. The smallest absolute Gasteiger partial charge is 0.285 e. The van der Waals surface area contributed by atoms with E-state index in [0.29, 0.717) is 32.0 Å². The first-order valence-corrected chi connectivity index (χ1v) is 8.72. The van der Waals surface area contributed by atoms with E-state index in [9.17, 15) is 0 Å². The highest BCUT2D eigenvalue weighted by molar-refractivity contribution is 4.92. The Kier molecular flexibility index (Phi) is 6.48. The van der Waals surface area contributed by atoms with E-state index < -0.39 is 5.97 Å². The van der Waals surface area contributed by atoms with Crippen LogP contribution < -0.4 is 0 Å². The van der Waals surface area contributed by atoms with Crippen LogP contribution in [0, 0.1) is 11.8 Å². The monoisotopic (exact) mass is 300 g/mol. The van der Waals surface area contributed by atoms with Crippen molar-refractivity contribution in [2.24, 2.45) is 11.8 Å². The second-order valence-electron chi connectivity index (χ2n) is 6.27. The molecule has 2 rings (SSSR count). The van der Waals surface area contributed by atoms with Crippen molar-refractivity contribution in [3.05, 3.63) is 0 Å². The zero-order valence-electron chi connectivity index (χ0n) is 14.1. The summed E-state index contributed by atoms with van der Waals surface area (Å²) >= 11 is 0. The fourth-order valence-corrected chi connectivity index (χ4v) is 3.57. The van der Waals surface area contributed by atoms with Gasteiger partial charge in [0.05, 0.1) is 12.2 Å². The van der Waals surface area contributed by atoms with Gasteiger partial charge in [-0.15, -0.1) is 0 Å². The van der Waals surface area contributed by atoms with E-state index in [1.54, 1.807) is 0 Å². The van der Waals surface area contributed by atoms with E-state index in [-0.39, 0.29) is 5.92 Å². The summed E-state index contributed by atoms with van der Waals surface area (Å²) in [5.74, 6) is 0.153. The van der Waals surface area contributed by atoms with Crippen LogP contribution in [-0.4, -0.2) is 38.0 Å². The third-order valence-corrected chi connectivity index (χ3v) is 4.76. The molecular weight excluding hydrogens is 268 g/mol. The van der Waals surface area contributed by atoms with Gasteiger partial charge < -0.3 is 18.9 Å². The average molecular weight is 300 g/mol. The minimum atomic E-state index is -0.870.